The van der Waals surface area contributed by atoms with Gasteiger partial charge in [0.1, 0.15) is 5.75 Å². The van der Waals surface area contributed by atoms with E-state index in [1.807, 2.05) is 43.3 Å². The average molecular weight is 392 g/mol. The SMILES string of the molecule is Cc1ccc(NC(=O)CC(N)c2ccccc2)c(OCC(=O)N(C)C)c1.Cl. The second kappa shape index (κ2) is 10.5. The van der Waals surface area contributed by atoms with Gasteiger partial charge in [-0.25, -0.2) is 0 Å². The number of hydrogen-bond acceptors (Lipinski definition) is 4. The summed E-state index contributed by atoms with van der Waals surface area (Å²) in [4.78, 5) is 25.5. The van der Waals surface area contributed by atoms with Gasteiger partial charge < -0.3 is 20.7 Å². The van der Waals surface area contributed by atoms with E-state index in [0.29, 0.717) is 11.4 Å². The third-order valence-electron chi connectivity index (χ3n) is 3.89. The zero-order chi connectivity index (χ0) is 19.1. The fraction of sp³-hybridized carbons (Fsp3) is 0.300. The molecule has 0 bridgehead atoms. The number of halogens is 1. The van der Waals surface area contributed by atoms with Crippen molar-refractivity contribution in [3.63, 3.8) is 0 Å². The van der Waals surface area contributed by atoms with Crippen molar-refractivity contribution >= 4 is 29.9 Å². The number of hydrogen-bond donors (Lipinski definition) is 2. The van der Waals surface area contributed by atoms with E-state index in [9.17, 15) is 9.59 Å². The molecule has 0 saturated heterocycles. The average Bonchev–Trinajstić information content (AvgIpc) is 2.62. The molecular weight excluding hydrogens is 366 g/mol. The van der Waals surface area contributed by atoms with Crippen LogP contribution in [0.4, 0.5) is 5.69 Å². The predicted octanol–water partition coefficient (Wildman–Crippen LogP) is 2.91. The fourth-order valence-corrected chi connectivity index (χ4v) is 2.34. The molecule has 0 heterocycles. The Labute approximate surface area is 166 Å². The van der Waals surface area contributed by atoms with Crippen molar-refractivity contribution in [2.24, 2.45) is 5.73 Å². The van der Waals surface area contributed by atoms with Gasteiger partial charge in [-0.15, -0.1) is 12.4 Å². The van der Waals surface area contributed by atoms with E-state index in [1.54, 1.807) is 26.2 Å². The van der Waals surface area contributed by atoms with Crippen molar-refractivity contribution < 1.29 is 14.3 Å². The summed E-state index contributed by atoms with van der Waals surface area (Å²) < 4.78 is 5.59. The van der Waals surface area contributed by atoms with E-state index < -0.39 is 0 Å². The third kappa shape index (κ3) is 6.92. The van der Waals surface area contributed by atoms with Gasteiger partial charge >= 0.3 is 0 Å². The first kappa shape index (κ1) is 22.5. The van der Waals surface area contributed by atoms with Crippen LogP contribution in [0.25, 0.3) is 0 Å². The van der Waals surface area contributed by atoms with E-state index >= 15 is 0 Å². The molecule has 0 fully saturated rings. The number of carbonyl (C=O) groups excluding carboxylic acids is 2. The molecule has 2 rings (SSSR count). The molecule has 0 aliphatic heterocycles. The Hall–Kier alpha value is -2.57. The molecule has 146 valence electrons. The van der Waals surface area contributed by atoms with Gasteiger partial charge in [0.15, 0.2) is 6.61 Å². The monoisotopic (exact) mass is 391 g/mol. The fourth-order valence-electron chi connectivity index (χ4n) is 2.34. The minimum absolute atomic E-state index is 0. The number of nitrogens with two attached hydrogens (primary N) is 1. The lowest BCUT2D eigenvalue weighted by atomic mass is 10.0. The first-order valence-corrected chi connectivity index (χ1v) is 8.41. The first-order chi connectivity index (χ1) is 12.4. The second-order valence-electron chi connectivity index (χ2n) is 6.35. The molecular formula is C20H26ClN3O3. The maximum Gasteiger partial charge on any atom is 0.259 e. The molecule has 0 spiro atoms. The molecule has 2 amide bonds. The summed E-state index contributed by atoms with van der Waals surface area (Å²) in [6.07, 6.45) is 0.147. The van der Waals surface area contributed by atoms with Crippen LogP contribution in [0.3, 0.4) is 0 Å². The molecule has 0 aromatic heterocycles. The number of anilines is 1. The predicted molar refractivity (Wildman–Crippen MR) is 109 cm³/mol. The number of likely N-dealkylation sites (N-methyl/N-ethyl adjacent to an activating group) is 1. The zero-order valence-electron chi connectivity index (χ0n) is 15.8. The summed E-state index contributed by atoms with van der Waals surface area (Å²) in [6.45, 7) is 1.82. The molecule has 6 nitrogen and oxygen atoms in total. The Morgan fingerprint density at radius 3 is 2.44 bits per heavy atom. The maximum absolute atomic E-state index is 12.4. The number of nitrogens with zero attached hydrogens (tertiary/aromatic N) is 1. The minimum Gasteiger partial charge on any atom is -0.482 e. The highest BCUT2D eigenvalue weighted by molar-refractivity contribution is 5.93. The van der Waals surface area contributed by atoms with E-state index in [-0.39, 0.29) is 43.3 Å². The summed E-state index contributed by atoms with van der Waals surface area (Å²) in [5, 5.41) is 2.82. The van der Waals surface area contributed by atoms with E-state index in [0.717, 1.165) is 11.1 Å². The van der Waals surface area contributed by atoms with Crippen molar-refractivity contribution in [2.45, 2.75) is 19.4 Å². The highest BCUT2D eigenvalue weighted by atomic mass is 35.5. The van der Waals surface area contributed by atoms with Crippen LogP contribution in [0, 0.1) is 6.92 Å². The van der Waals surface area contributed by atoms with Crippen LogP contribution in [-0.4, -0.2) is 37.4 Å². The van der Waals surface area contributed by atoms with Crippen LogP contribution in [0.5, 0.6) is 5.75 Å². The lowest BCUT2D eigenvalue weighted by molar-refractivity contribution is -0.130. The summed E-state index contributed by atoms with van der Waals surface area (Å²) in [5.74, 6) is 0.0886. The van der Waals surface area contributed by atoms with Crippen LogP contribution >= 0.6 is 12.4 Å². The highest BCUT2D eigenvalue weighted by Crippen LogP contribution is 2.26. The maximum atomic E-state index is 12.4. The number of carbonyl (C=O) groups is 2. The lowest BCUT2D eigenvalue weighted by Gasteiger charge is -2.16. The van der Waals surface area contributed by atoms with Gasteiger partial charge in [0.2, 0.25) is 5.91 Å². The van der Waals surface area contributed by atoms with Gasteiger partial charge in [0.25, 0.3) is 5.91 Å². The number of benzene rings is 2. The number of amides is 2. The number of ether oxygens (including phenoxy) is 1. The molecule has 1 atom stereocenters. The first-order valence-electron chi connectivity index (χ1n) is 8.41. The van der Waals surface area contributed by atoms with Crippen molar-refractivity contribution in [1.29, 1.82) is 0 Å². The van der Waals surface area contributed by atoms with E-state index in [2.05, 4.69) is 5.32 Å². The van der Waals surface area contributed by atoms with Gasteiger partial charge in [-0.05, 0) is 30.2 Å². The smallest absolute Gasteiger partial charge is 0.259 e. The van der Waals surface area contributed by atoms with Gasteiger partial charge in [-0.3, -0.25) is 9.59 Å². The topological polar surface area (TPSA) is 84.7 Å². The Bertz CT molecular complexity index is 766. The van der Waals surface area contributed by atoms with Crippen LogP contribution < -0.4 is 15.8 Å². The number of rotatable bonds is 7. The Kier molecular flexibility index (Phi) is 8.78. The number of aryl methyl sites for hydroxylation is 1. The third-order valence-corrected chi connectivity index (χ3v) is 3.89. The quantitative estimate of drug-likeness (QED) is 0.760. The van der Waals surface area contributed by atoms with Crippen LogP contribution in [0.15, 0.2) is 48.5 Å². The summed E-state index contributed by atoms with van der Waals surface area (Å²) >= 11 is 0. The van der Waals surface area contributed by atoms with Crippen LogP contribution in [0.1, 0.15) is 23.6 Å². The molecule has 1 unspecified atom stereocenters. The van der Waals surface area contributed by atoms with Crippen LogP contribution in [0.2, 0.25) is 0 Å². The molecule has 0 aliphatic rings. The van der Waals surface area contributed by atoms with E-state index in [1.165, 1.54) is 4.90 Å². The van der Waals surface area contributed by atoms with Crippen molar-refractivity contribution in [2.75, 3.05) is 26.0 Å². The van der Waals surface area contributed by atoms with Crippen LogP contribution in [-0.2, 0) is 9.59 Å². The molecule has 7 heteroatoms. The Morgan fingerprint density at radius 1 is 1.15 bits per heavy atom. The molecule has 0 aliphatic carbocycles. The van der Waals surface area contributed by atoms with E-state index in [4.69, 9.17) is 10.5 Å². The van der Waals surface area contributed by atoms with Crippen molar-refractivity contribution in [3.8, 4) is 5.75 Å². The van der Waals surface area contributed by atoms with Gasteiger partial charge in [-0.2, -0.15) is 0 Å². The summed E-state index contributed by atoms with van der Waals surface area (Å²) in [7, 11) is 3.32. The summed E-state index contributed by atoms with van der Waals surface area (Å²) in [5.41, 5.74) is 8.49. The normalized spacial score (nSPS) is 11.1. The number of nitrogens with one attached hydrogen (secondary N) is 1. The minimum atomic E-state index is -0.388. The lowest BCUT2D eigenvalue weighted by Crippen LogP contribution is -2.28. The van der Waals surface area contributed by atoms with Gasteiger partial charge in [0, 0.05) is 26.6 Å². The Morgan fingerprint density at radius 2 is 1.81 bits per heavy atom. The largest absolute Gasteiger partial charge is 0.482 e. The molecule has 0 saturated carbocycles. The van der Waals surface area contributed by atoms with Crippen molar-refractivity contribution in [3.05, 3.63) is 59.7 Å². The van der Waals surface area contributed by atoms with Gasteiger partial charge in [-0.1, -0.05) is 36.4 Å². The molecule has 2 aromatic rings. The second-order valence-corrected chi connectivity index (χ2v) is 6.35. The Balaban J connectivity index is 0.00000364. The van der Waals surface area contributed by atoms with Crippen molar-refractivity contribution in [1.82, 2.24) is 4.90 Å². The highest BCUT2D eigenvalue weighted by Gasteiger charge is 2.15. The molecule has 2 aromatic carbocycles. The molecule has 0 radical (unpaired) electrons. The zero-order valence-corrected chi connectivity index (χ0v) is 16.6. The standard InChI is InChI=1S/C20H25N3O3.ClH/c1-14-9-10-17(18(11-14)26-13-20(25)23(2)3)22-19(24)12-16(21)15-7-5-4-6-8-15;/h4-11,16H,12-13,21H2,1-3H3,(H,22,24);1H. The molecule has 27 heavy (non-hydrogen) atoms. The molecule has 3 N–H and O–H groups in total. The van der Waals surface area contributed by atoms with Gasteiger partial charge in [0.05, 0.1) is 5.69 Å². The summed E-state index contributed by atoms with van der Waals surface area (Å²) in [6, 6.07) is 14.5.